The van der Waals surface area contributed by atoms with Crippen LogP contribution in [0.25, 0.3) is 0 Å². The van der Waals surface area contributed by atoms with Gasteiger partial charge in [-0.15, -0.1) is 0 Å². The molecule has 0 aromatic carbocycles. The molecule has 1 atom stereocenters. The van der Waals surface area contributed by atoms with Crippen LogP contribution in [0, 0.1) is 5.92 Å². The van der Waals surface area contributed by atoms with E-state index < -0.39 is 24.4 Å². The summed E-state index contributed by atoms with van der Waals surface area (Å²) in [6.45, 7) is 1.63. The van der Waals surface area contributed by atoms with Crippen LogP contribution < -0.4 is 5.32 Å². The smallest absolute Gasteiger partial charge is 0.389 e. The average molecular weight is 255 g/mol. The zero-order valence-electron chi connectivity index (χ0n) is 9.93. The fraction of sp³-hybridized carbons (Fsp3) is 1.00. The predicted octanol–water partition coefficient (Wildman–Crippen LogP) is 1.44. The molecule has 0 radical (unpaired) electrons. The van der Waals surface area contributed by atoms with Gasteiger partial charge in [-0.1, -0.05) is 6.92 Å². The maximum absolute atomic E-state index is 12.0. The van der Waals surface area contributed by atoms with Crippen molar-refractivity contribution in [1.29, 1.82) is 0 Å². The van der Waals surface area contributed by atoms with Crippen molar-refractivity contribution in [2.75, 3.05) is 13.1 Å². The third-order valence-electron chi connectivity index (χ3n) is 3.37. The van der Waals surface area contributed by atoms with Gasteiger partial charge in [0.15, 0.2) is 6.10 Å². The molecule has 3 nitrogen and oxygen atoms in total. The monoisotopic (exact) mass is 255 g/mol. The second kappa shape index (κ2) is 5.54. The molecule has 0 bridgehead atoms. The molecule has 3 N–H and O–H groups in total. The summed E-state index contributed by atoms with van der Waals surface area (Å²) in [5.41, 5.74) is -0.919. The Labute approximate surface area is 99.0 Å². The van der Waals surface area contributed by atoms with Gasteiger partial charge in [-0.3, -0.25) is 0 Å². The van der Waals surface area contributed by atoms with Crippen molar-refractivity contribution in [3.63, 3.8) is 0 Å². The highest BCUT2D eigenvalue weighted by molar-refractivity contribution is 4.86. The van der Waals surface area contributed by atoms with Gasteiger partial charge in [0.05, 0.1) is 5.60 Å². The number of rotatable bonds is 4. The van der Waals surface area contributed by atoms with Crippen molar-refractivity contribution in [2.24, 2.45) is 5.92 Å². The summed E-state index contributed by atoms with van der Waals surface area (Å²) < 4.78 is 36.0. The van der Waals surface area contributed by atoms with Gasteiger partial charge in [-0.25, -0.2) is 0 Å². The Hall–Kier alpha value is -0.330. The molecule has 0 aromatic rings. The standard InChI is InChI=1S/C11H20F3NO2/c1-8-2-4-10(17,5-3-8)7-15-6-9(16)11(12,13)14/h8-9,15-17H,2-7H2,1H3. The van der Waals surface area contributed by atoms with Crippen LogP contribution in [0.5, 0.6) is 0 Å². The van der Waals surface area contributed by atoms with Crippen LogP contribution >= 0.6 is 0 Å². The zero-order chi connectivity index (χ0) is 13.1. The first-order valence-corrected chi connectivity index (χ1v) is 5.91. The fourth-order valence-corrected chi connectivity index (χ4v) is 2.03. The molecule has 102 valence electrons. The van der Waals surface area contributed by atoms with Crippen LogP contribution in [0.4, 0.5) is 13.2 Å². The van der Waals surface area contributed by atoms with E-state index in [2.05, 4.69) is 12.2 Å². The Bertz CT molecular complexity index is 237. The molecule has 17 heavy (non-hydrogen) atoms. The molecule has 1 saturated carbocycles. The van der Waals surface area contributed by atoms with Crippen LogP contribution in [-0.4, -0.2) is 41.2 Å². The number of aliphatic hydroxyl groups is 2. The molecular formula is C11H20F3NO2. The van der Waals surface area contributed by atoms with E-state index in [1.165, 1.54) is 0 Å². The van der Waals surface area contributed by atoms with Crippen LogP contribution in [0.3, 0.4) is 0 Å². The molecule has 1 unspecified atom stereocenters. The average Bonchev–Trinajstić information content (AvgIpc) is 2.21. The number of aliphatic hydroxyl groups excluding tert-OH is 1. The molecule has 1 fully saturated rings. The maximum Gasteiger partial charge on any atom is 0.415 e. The quantitative estimate of drug-likeness (QED) is 0.712. The number of hydrogen-bond acceptors (Lipinski definition) is 3. The summed E-state index contributed by atoms with van der Waals surface area (Å²) in [4.78, 5) is 0. The Morgan fingerprint density at radius 2 is 1.88 bits per heavy atom. The Morgan fingerprint density at radius 3 is 2.35 bits per heavy atom. The summed E-state index contributed by atoms with van der Waals surface area (Å²) in [6, 6.07) is 0. The van der Waals surface area contributed by atoms with Crippen LogP contribution in [0.2, 0.25) is 0 Å². The first-order chi connectivity index (χ1) is 7.73. The minimum absolute atomic E-state index is 0.104. The first-order valence-electron chi connectivity index (χ1n) is 5.91. The van der Waals surface area contributed by atoms with Crippen molar-refractivity contribution >= 4 is 0 Å². The molecule has 0 heterocycles. The van der Waals surface area contributed by atoms with Crippen molar-refractivity contribution in [3.05, 3.63) is 0 Å². The Kier molecular flexibility index (Phi) is 4.80. The maximum atomic E-state index is 12.0. The summed E-state index contributed by atoms with van der Waals surface area (Å²) in [7, 11) is 0. The molecule has 1 aliphatic rings. The fourth-order valence-electron chi connectivity index (χ4n) is 2.03. The molecule has 0 spiro atoms. The highest BCUT2D eigenvalue weighted by Gasteiger charge is 2.38. The molecule has 0 aromatic heterocycles. The molecule has 1 rings (SSSR count). The van der Waals surface area contributed by atoms with E-state index >= 15 is 0 Å². The lowest BCUT2D eigenvalue weighted by molar-refractivity contribution is -0.202. The van der Waals surface area contributed by atoms with E-state index in [1.54, 1.807) is 0 Å². The number of halogens is 3. The van der Waals surface area contributed by atoms with E-state index in [0.29, 0.717) is 18.8 Å². The van der Waals surface area contributed by atoms with Gasteiger partial charge < -0.3 is 15.5 Å². The first kappa shape index (κ1) is 14.7. The lowest BCUT2D eigenvalue weighted by Crippen LogP contribution is -2.47. The van der Waals surface area contributed by atoms with E-state index in [1.807, 2.05) is 0 Å². The normalized spacial score (nSPS) is 32.5. The summed E-state index contributed by atoms with van der Waals surface area (Å²) in [5.74, 6) is 0.566. The highest BCUT2D eigenvalue weighted by Crippen LogP contribution is 2.31. The van der Waals surface area contributed by atoms with Gasteiger partial charge in [-0.2, -0.15) is 13.2 Å². The van der Waals surface area contributed by atoms with Crippen molar-refractivity contribution in [2.45, 2.75) is 50.5 Å². The molecule has 0 saturated heterocycles. The molecule has 1 aliphatic carbocycles. The van der Waals surface area contributed by atoms with Gasteiger partial charge in [0.25, 0.3) is 0 Å². The highest BCUT2D eigenvalue weighted by atomic mass is 19.4. The third-order valence-corrected chi connectivity index (χ3v) is 3.37. The van der Waals surface area contributed by atoms with Gasteiger partial charge >= 0.3 is 6.18 Å². The van der Waals surface area contributed by atoms with Crippen LogP contribution in [-0.2, 0) is 0 Å². The topological polar surface area (TPSA) is 52.5 Å². The van der Waals surface area contributed by atoms with Gasteiger partial charge in [0.2, 0.25) is 0 Å². The third kappa shape index (κ3) is 4.81. The summed E-state index contributed by atoms with van der Waals surface area (Å²) in [5, 5.41) is 21.3. The van der Waals surface area contributed by atoms with E-state index in [4.69, 9.17) is 5.11 Å². The van der Waals surface area contributed by atoms with Crippen LogP contribution in [0.1, 0.15) is 32.6 Å². The largest absolute Gasteiger partial charge is 0.415 e. The lowest BCUT2D eigenvalue weighted by atomic mass is 9.79. The SMILES string of the molecule is CC1CCC(O)(CNCC(O)C(F)(F)F)CC1. The van der Waals surface area contributed by atoms with E-state index in [0.717, 1.165) is 12.8 Å². The number of hydrogen-bond donors (Lipinski definition) is 3. The summed E-state index contributed by atoms with van der Waals surface area (Å²) >= 11 is 0. The second-order valence-corrected chi connectivity index (χ2v) is 5.10. The van der Waals surface area contributed by atoms with E-state index in [9.17, 15) is 18.3 Å². The minimum atomic E-state index is -4.60. The molecule has 0 amide bonds. The van der Waals surface area contributed by atoms with Gasteiger partial charge in [0, 0.05) is 13.1 Å². The van der Waals surface area contributed by atoms with Gasteiger partial charge in [0.1, 0.15) is 0 Å². The van der Waals surface area contributed by atoms with E-state index in [-0.39, 0.29) is 6.54 Å². The predicted molar refractivity (Wildman–Crippen MR) is 57.5 cm³/mol. The van der Waals surface area contributed by atoms with Crippen molar-refractivity contribution in [1.82, 2.24) is 5.32 Å². The Morgan fingerprint density at radius 1 is 1.35 bits per heavy atom. The van der Waals surface area contributed by atoms with Crippen molar-refractivity contribution < 1.29 is 23.4 Å². The minimum Gasteiger partial charge on any atom is -0.389 e. The number of nitrogens with one attached hydrogen (secondary N) is 1. The second-order valence-electron chi connectivity index (χ2n) is 5.10. The lowest BCUT2D eigenvalue weighted by Gasteiger charge is -2.35. The molecule has 6 heteroatoms. The zero-order valence-corrected chi connectivity index (χ0v) is 9.93. The Balaban J connectivity index is 2.26. The van der Waals surface area contributed by atoms with Gasteiger partial charge in [-0.05, 0) is 31.6 Å². The van der Waals surface area contributed by atoms with Crippen LogP contribution in [0.15, 0.2) is 0 Å². The molecule has 0 aliphatic heterocycles. The molecular weight excluding hydrogens is 235 g/mol. The summed E-state index contributed by atoms with van der Waals surface area (Å²) in [6.07, 6.45) is -3.99. The van der Waals surface area contributed by atoms with Crippen molar-refractivity contribution in [3.8, 4) is 0 Å². The number of alkyl halides is 3.